The molecule has 0 spiro atoms. The molecule has 6 nitrogen and oxygen atoms in total. The molecule has 0 bridgehead atoms. The van der Waals surface area contributed by atoms with E-state index in [1.165, 1.54) is 0 Å². The van der Waals surface area contributed by atoms with Crippen LogP contribution in [0.5, 0.6) is 0 Å². The summed E-state index contributed by atoms with van der Waals surface area (Å²) in [5, 5.41) is 0.488. The molecule has 0 saturated heterocycles. The van der Waals surface area contributed by atoms with Gasteiger partial charge in [-0.2, -0.15) is 11.8 Å². The number of H-pyrrole nitrogens is 1. The van der Waals surface area contributed by atoms with Crippen molar-refractivity contribution in [3.63, 3.8) is 0 Å². The van der Waals surface area contributed by atoms with E-state index in [0.717, 1.165) is 23.6 Å². The van der Waals surface area contributed by atoms with Gasteiger partial charge in [-0.3, -0.25) is 9.78 Å². The number of nitrogens with one attached hydrogen (secondary N) is 1. The molecule has 1 aromatic heterocycles. The number of thioether (sulfide) groups is 1. The van der Waals surface area contributed by atoms with E-state index in [2.05, 4.69) is 14.9 Å². The molecule has 108 valence electrons. The van der Waals surface area contributed by atoms with E-state index in [-0.39, 0.29) is 11.5 Å². The van der Waals surface area contributed by atoms with E-state index in [9.17, 15) is 4.79 Å². The lowest BCUT2D eigenvalue weighted by Crippen LogP contribution is -2.15. The number of aromatic amines is 1. The molecule has 0 fully saturated rings. The van der Waals surface area contributed by atoms with Crippen LogP contribution in [0.15, 0.2) is 16.9 Å². The molecule has 20 heavy (non-hydrogen) atoms. The van der Waals surface area contributed by atoms with E-state index in [1.54, 1.807) is 17.8 Å². The molecule has 0 unspecified atom stereocenters. The van der Waals surface area contributed by atoms with Crippen LogP contribution >= 0.6 is 11.8 Å². The average Bonchev–Trinajstić information content (AvgIpc) is 2.35. The summed E-state index contributed by atoms with van der Waals surface area (Å²) in [6.07, 6.45) is 0. The number of nitrogen functional groups attached to an aromatic ring is 2. The van der Waals surface area contributed by atoms with Crippen LogP contribution in [0.2, 0.25) is 0 Å². The summed E-state index contributed by atoms with van der Waals surface area (Å²) in [7, 11) is 4.08. The minimum atomic E-state index is -0.251. The van der Waals surface area contributed by atoms with Crippen LogP contribution in [0.25, 0.3) is 10.9 Å². The summed E-state index contributed by atoms with van der Waals surface area (Å²) in [6, 6.07) is 3.49. The highest BCUT2D eigenvalue weighted by molar-refractivity contribution is 7.98. The van der Waals surface area contributed by atoms with Crippen molar-refractivity contribution in [1.29, 1.82) is 0 Å². The number of nitrogens with zero attached hydrogens (tertiary/aromatic N) is 2. The Bertz CT molecular complexity index is 668. The largest absolute Gasteiger partial charge is 0.399 e. The first-order valence-electron chi connectivity index (χ1n) is 6.27. The molecule has 2 rings (SSSR count). The number of nitrogens with two attached hydrogens (primary N) is 2. The second kappa shape index (κ2) is 6.15. The van der Waals surface area contributed by atoms with Crippen LogP contribution in [0, 0.1) is 0 Å². The quantitative estimate of drug-likeness (QED) is 0.559. The van der Waals surface area contributed by atoms with E-state index >= 15 is 0 Å². The highest BCUT2D eigenvalue weighted by atomic mass is 32.2. The van der Waals surface area contributed by atoms with Gasteiger partial charge in [0.05, 0.1) is 10.9 Å². The van der Waals surface area contributed by atoms with Crippen LogP contribution in [-0.2, 0) is 5.75 Å². The van der Waals surface area contributed by atoms with Gasteiger partial charge in [0.25, 0.3) is 5.56 Å². The number of anilines is 2. The van der Waals surface area contributed by atoms with E-state index in [4.69, 9.17) is 11.5 Å². The smallest absolute Gasteiger partial charge is 0.260 e. The minimum absolute atomic E-state index is 0.131. The van der Waals surface area contributed by atoms with Gasteiger partial charge in [0, 0.05) is 23.7 Å². The second-order valence-electron chi connectivity index (χ2n) is 4.88. The van der Waals surface area contributed by atoms with Crippen molar-refractivity contribution >= 4 is 34.3 Å². The lowest BCUT2D eigenvalue weighted by atomic mass is 10.1. The van der Waals surface area contributed by atoms with Crippen LogP contribution in [-0.4, -0.2) is 41.3 Å². The third-order valence-electron chi connectivity index (χ3n) is 2.87. The summed E-state index contributed by atoms with van der Waals surface area (Å²) in [4.78, 5) is 20.7. The van der Waals surface area contributed by atoms with Crippen LogP contribution in [0.3, 0.4) is 0 Å². The predicted octanol–water partition coefficient (Wildman–Crippen LogP) is 0.882. The summed E-state index contributed by atoms with van der Waals surface area (Å²) in [6.45, 7) is 1.00. The lowest BCUT2D eigenvalue weighted by molar-refractivity contribution is 0.437. The Kier molecular flexibility index (Phi) is 4.51. The van der Waals surface area contributed by atoms with E-state index in [1.807, 2.05) is 20.2 Å². The Labute approximate surface area is 121 Å². The van der Waals surface area contributed by atoms with Crippen molar-refractivity contribution in [2.75, 3.05) is 37.9 Å². The average molecular weight is 293 g/mol. The van der Waals surface area contributed by atoms with Gasteiger partial charge in [-0.25, -0.2) is 4.98 Å². The van der Waals surface area contributed by atoms with Crippen molar-refractivity contribution in [3.8, 4) is 0 Å². The van der Waals surface area contributed by atoms with Gasteiger partial charge < -0.3 is 16.4 Å². The number of rotatable bonds is 5. The Hall–Kier alpha value is -1.73. The fourth-order valence-corrected chi connectivity index (χ4v) is 2.97. The maximum Gasteiger partial charge on any atom is 0.260 e. The molecule has 0 atom stereocenters. The number of aromatic nitrogens is 2. The number of hydrogen-bond donors (Lipinski definition) is 3. The molecular formula is C13H19N5OS. The topological polar surface area (TPSA) is 101 Å². The van der Waals surface area contributed by atoms with Crippen LogP contribution in [0.1, 0.15) is 5.56 Å². The summed E-state index contributed by atoms with van der Waals surface area (Å²) in [5.74, 6) is 1.89. The Morgan fingerprint density at radius 1 is 1.35 bits per heavy atom. The first-order valence-corrected chi connectivity index (χ1v) is 7.43. The van der Waals surface area contributed by atoms with Crippen molar-refractivity contribution < 1.29 is 0 Å². The molecule has 5 N–H and O–H groups in total. The van der Waals surface area contributed by atoms with Crippen molar-refractivity contribution in [1.82, 2.24) is 14.9 Å². The summed E-state index contributed by atoms with van der Waals surface area (Å²) >= 11 is 1.78. The SMILES string of the molecule is CN(C)CCSCc1cc(N)cc2c(=O)[nH]c(N)nc12. The van der Waals surface area contributed by atoms with Crippen molar-refractivity contribution in [3.05, 3.63) is 28.0 Å². The van der Waals surface area contributed by atoms with Crippen molar-refractivity contribution in [2.24, 2.45) is 0 Å². The molecule has 0 aliphatic rings. The Morgan fingerprint density at radius 2 is 2.10 bits per heavy atom. The number of benzene rings is 1. The van der Waals surface area contributed by atoms with Crippen molar-refractivity contribution in [2.45, 2.75) is 5.75 Å². The highest BCUT2D eigenvalue weighted by Crippen LogP contribution is 2.23. The molecule has 0 amide bonds. The molecule has 0 radical (unpaired) electrons. The monoisotopic (exact) mass is 293 g/mol. The molecule has 0 aliphatic carbocycles. The summed E-state index contributed by atoms with van der Waals surface area (Å²) < 4.78 is 0. The first kappa shape index (κ1) is 14.7. The third kappa shape index (κ3) is 3.43. The molecule has 2 aromatic rings. The van der Waals surface area contributed by atoms with Crippen LogP contribution in [0.4, 0.5) is 11.6 Å². The minimum Gasteiger partial charge on any atom is -0.399 e. The van der Waals surface area contributed by atoms with Gasteiger partial charge in [-0.05, 0) is 31.8 Å². The molecule has 0 saturated carbocycles. The normalized spacial score (nSPS) is 11.3. The fourth-order valence-electron chi connectivity index (χ4n) is 1.90. The zero-order chi connectivity index (χ0) is 14.7. The standard InChI is InChI=1S/C13H19N5OS/c1-18(2)3-4-20-7-8-5-9(14)6-10-11(8)16-13(15)17-12(10)19/h5-6H,3-4,7,14H2,1-2H3,(H3,15,16,17,19). The predicted molar refractivity (Wildman–Crippen MR) is 85.9 cm³/mol. The summed E-state index contributed by atoms with van der Waals surface area (Å²) in [5.41, 5.74) is 13.4. The highest BCUT2D eigenvalue weighted by Gasteiger charge is 2.09. The lowest BCUT2D eigenvalue weighted by Gasteiger charge is -2.10. The van der Waals surface area contributed by atoms with E-state index in [0.29, 0.717) is 16.6 Å². The maximum absolute atomic E-state index is 11.9. The zero-order valence-corrected chi connectivity index (χ0v) is 12.5. The van der Waals surface area contributed by atoms with Gasteiger partial charge in [0.2, 0.25) is 5.95 Å². The molecule has 1 aromatic carbocycles. The van der Waals surface area contributed by atoms with Gasteiger partial charge in [0.15, 0.2) is 0 Å². The third-order valence-corrected chi connectivity index (χ3v) is 3.86. The first-order chi connectivity index (χ1) is 9.47. The van der Waals surface area contributed by atoms with Crippen LogP contribution < -0.4 is 17.0 Å². The Balaban J connectivity index is 2.30. The number of hydrogen-bond acceptors (Lipinski definition) is 6. The number of fused-ring (bicyclic) bond motifs is 1. The maximum atomic E-state index is 11.9. The van der Waals surface area contributed by atoms with Gasteiger partial charge in [0.1, 0.15) is 0 Å². The van der Waals surface area contributed by atoms with Gasteiger partial charge in [-0.1, -0.05) is 0 Å². The van der Waals surface area contributed by atoms with Gasteiger partial charge >= 0.3 is 0 Å². The Morgan fingerprint density at radius 3 is 2.80 bits per heavy atom. The molecule has 1 heterocycles. The fraction of sp³-hybridized carbons (Fsp3) is 0.385. The molecule has 0 aliphatic heterocycles. The zero-order valence-electron chi connectivity index (χ0n) is 11.6. The molecule has 7 heteroatoms. The van der Waals surface area contributed by atoms with E-state index < -0.39 is 0 Å². The van der Waals surface area contributed by atoms with Gasteiger partial charge in [-0.15, -0.1) is 0 Å². The second-order valence-corrected chi connectivity index (χ2v) is 5.99. The molecular weight excluding hydrogens is 274 g/mol.